The number of rotatable bonds is 7. The highest BCUT2D eigenvalue weighted by Crippen LogP contribution is 2.28. The Morgan fingerprint density at radius 2 is 1.61 bits per heavy atom. The Bertz CT molecular complexity index is 1080. The molecule has 0 radical (unpaired) electrons. The van der Waals surface area contributed by atoms with Gasteiger partial charge in [0, 0.05) is 5.56 Å². The predicted octanol–water partition coefficient (Wildman–Crippen LogP) is 7.40. The third-order valence-corrected chi connectivity index (χ3v) is 4.95. The Morgan fingerprint density at radius 1 is 0.821 bits per heavy atom. The SMILES string of the molecule is CCCCCc1cccc2nc(-c3cccc(C=Cc4ccccc4)c3)oc12. The first kappa shape index (κ1) is 18.2. The van der Waals surface area contributed by atoms with Crippen LogP contribution in [0.15, 0.2) is 77.2 Å². The van der Waals surface area contributed by atoms with Crippen molar-refractivity contribution < 1.29 is 4.42 Å². The Kier molecular flexibility index (Phi) is 5.67. The molecule has 1 aromatic heterocycles. The van der Waals surface area contributed by atoms with Crippen LogP contribution >= 0.6 is 0 Å². The summed E-state index contributed by atoms with van der Waals surface area (Å²) in [5.41, 5.74) is 6.45. The molecule has 0 aliphatic rings. The van der Waals surface area contributed by atoms with E-state index in [1.807, 2.05) is 24.3 Å². The molecule has 0 amide bonds. The van der Waals surface area contributed by atoms with Crippen LogP contribution in [0.25, 0.3) is 34.7 Å². The van der Waals surface area contributed by atoms with E-state index in [0.29, 0.717) is 5.89 Å². The molecule has 1 heterocycles. The number of para-hydroxylation sites is 1. The van der Waals surface area contributed by atoms with Crippen LogP contribution < -0.4 is 0 Å². The number of unbranched alkanes of at least 4 members (excludes halogenated alkanes) is 2. The van der Waals surface area contributed by atoms with Gasteiger partial charge in [0.15, 0.2) is 5.58 Å². The molecule has 140 valence electrons. The van der Waals surface area contributed by atoms with Gasteiger partial charge in [-0.05, 0) is 47.7 Å². The third-order valence-electron chi connectivity index (χ3n) is 4.95. The molecule has 0 atom stereocenters. The van der Waals surface area contributed by atoms with E-state index >= 15 is 0 Å². The van der Waals surface area contributed by atoms with Gasteiger partial charge in [-0.2, -0.15) is 0 Å². The average Bonchev–Trinajstić information content (AvgIpc) is 3.19. The van der Waals surface area contributed by atoms with Crippen molar-refractivity contribution in [3.05, 3.63) is 89.5 Å². The molecule has 0 saturated carbocycles. The van der Waals surface area contributed by atoms with Crippen molar-refractivity contribution in [3.8, 4) is 11.5 Å². The number of benzene rings is 3. The van der Waals surface area contributed by atoms with Crippen LogP contribution in [0.1, 0.15) is 42.9 Å². The molecule has 0 N–H and O–H groups in total. The number of oxazole rings is 1. The summed E-state index contributed by atoms with van der Waals surface area (Å²) < 4.78 is 6.20. The fourth-order valence-electron chi connectivity index (χ4n) is 3.42. The minimum Gasteiger partial charge on any atom is -0.436 e. The van der Waals surface area contributed by atoms with Crippen molar-refractivity contribution >= 4 is 23.3 Å². The van der Waals surface area contributed by atoms with E-state index in [2.05, 4.69) is 67.6 Å². The molecule has 0 bridgehead atoms. The number of aromatic nitrogens is 1. The maximum absolute atomic E-state index is 6.20. The van der Waals surface area contributed by atoms with Gasteiger partial charge in [0.2, 0.25) is 5.89 Å². The maximum atomic E-state index is 6.20. The van der Waals surface area contributed by atoms with Crippen LogP contribution in [0, 0.1) is 0 Å². The lowest BCUT2D eigenvalue weighted by Crippen LogP contribution is -1.85. The molecule has 0 saturated heterocycles. The molecule has 0 spiro atoms. The van der Waals surface area contributed by atoms with Crippen LogP contribution in [-0.4, -0.2) is 4.98 Å². The fraction of sp³-hybridized carbons (Fsp3) is 0.192. The van der Waals surface area contributed by atoms with E-state index in [0.717, 1.165) is 28.6 Å². The lowest BCUT2D eigenvalue weighted by atomic mass is 10.1. The van der Waals surface area contributed by atoms with Crippen molar-refractivity contribution in [2.75, 3.05) is 0 Å². The van der Waals surface area contributed by atoms with Crippen molar-refractivity contribution in [3.63, 3.8) is 0 Å². The fourth-order valence-corrected chi connectivity index (χ4v) is 3.42. The average molecular weight is 367 g/mol. The molecule has 0 aliphatic carbocycles. The standard InChI is InChI=1S/C26H25NO/c1-2-3-5-13-22-14-9-16-24-25(22)28-26(27-24)23-15-8-12-21(19-23)18-17-20-10-6-4-7-11-20/h4,6-12,14-19H,2-3,5,13H2,1H3. The van der Waals surface area contributed by atoms with Crippen LogP contribution in [0.3, 0.4) is 0 Å². The smallest absolute Gasteiger partial charge is 0.227 e. The highest BCUT2D eigenvalue weighted by molar-refractivity contribution is 5.80. The molecule has 0 aliphatic heterocycles. The second-order valence-electron chi connectivity index (χ2n) is 7.11. The second-order valence-corrected chi connectivity index (χ2v) is 7.11. The zero-order valence-corrected chi connectivity index (χ0v) is 16.3. The minimum absolute atomic E-state index is 0.688. The van der Waals surface area contributed by atoms with Crippen molar-refractivity contribution in [2.45, 2.75) is 32.6 Å². The zero-order valence-electron chi connectivity index (χ0n) is 16.3. The molecule has 4 rings (SSSR count). The summed E-state index contributed by atoms with van der Waals surface area (Å²) >= 11 is 0. The van der Waals surface area contributed by atoms with Crippen LogP contribution in [0.5, 0.6) is 0 Å². The lowest BCUT2D eigenvalue weighted by molar-refractivity contribution is 0.611. The summed E-state index contributed by atoms with van der Waals surface area (Å²) in [7, 11) is 0. The van der Waals surface area contributed by atoms with E-state index in [1.54, 1.807) is 0 Å². The summed E-state index contributed by atoms with van der Waals surface area (Å²) in [6, 6.07) is 24.9. The molecule has 2 heteroatoms. The largest absolute Gasteiger partial charge is 0.436 e. The van der Waals surface area contributed by atoms with Gasteiger partial charge < -0.3 is 4.42 Å². The molecular weight excluding hydrogens is 342 g/mol. The van der Waals surface area contributed by atoms with E-state index in [1.165, 1.54) is 30.4 Å². The first-order valence-electron chi connectivity index (χ1n) is 10.1. The summed E-state index contributed by atoms with van der Waals surface area (Å²) in [6.45, 7) is 2.23. The Hall–Kier alpha value is -3.13. The van der Waals surface area contributed by atoms with Gasteiger partial charge in [-0.15, -0.1) is 0 Å². The van der Waals surface area contributed by atoms with E-state index in [-0.39, 0.29) is 0 Å². The predicted molar refractivity (Wildman–Crippen MR) is 118 cm³/mol. The van der Waals surface area contributed by atoms with Gasteiger partial charge in [-0.25, -0.2) is 4.98 Å². The van der Waals surface area contributed by atoms with Gasteiger partial charge in [0.25, 0.3) is 0 Å². The molecule has 4 aromatic rings. The topological polar surface area (TPSA) is 26.0 Å². The van der Waals surface area contributed by atoms with Crippen molar-refractivity contribution in [1.82, 2.24) is 4.98 Å². The first-order valence-corrected chi connectivity index (χ1v) is 10.1. The molecule has 0 unspecified atom stereocenters. The van der Waals surface area contributed by atoms with Gasteiger partial charge in [-0.1, -0.05) is 86.5 Å². The summed E-state index contributed by atoms with van der Waals surface area (Å²) in [4.78, 5) is 4.74. The van der Waals surface area contributed by atoms with Crippen molar-refractivity contribution in [2.24, 2.45) is 0 Å². The van der Waals surface area contributed by atoms with Gasteiger partial charge in [-0.3, -0.25) is 0 Å². The maximum Gasteiger partial charge on any atom is 0.227 e. The van der Waals surface area contributed by atoms with Crippen molar-refractivity contribution in [1.29, 1.82) is 0 Å². The number of hydrogen-bond acceptors (Lipinski definition) is 2. The molecule has 3 aromatic carbocycles. The van der Waals surface area contributed by atoms with Gasteiger partial charge in [0.1, 0.15) is 5.52 Å². The monoisotopic (exact) mass is 367 g/mol. The highest BCUT2D eigenvalue weighted by atomic mass is 16.3. The molecular formula is C26H25NO. The van der Waals surface area contributed by atoms with Crippen LogP contribution in [0.2, 0.25) is 0 Å². The number of aryl methyl sites for hydroxylation is 1. The second kappa shape index (κ2) is 8.71. The minimum atomic E-state index is 0.688. The van der Waals surface area contributed by atoms with Crippen LogP contribution in [0.4, 0.5) is 0 Å². The quantitative estimate of drug-likeness (QED) is 0.251. The van der Waals surface area contributed by atoms with Gasteiger partial charge >= 0.3 is 0 Å². The lowest BCUT2D eigenvalue weighted by Gasteiger charge is -2.01. The van der Waals surface area contributed by atoms with Gasteiger partial charge in [0.05, 0.1) is 0 Å². The summed E-state index contributed by atoms with van der Waals surface area (Å²) in [5, 5.41) is 0. The van der Waals surface area contributed by atoms with E-state index in [9.17, 15) is 0 Å². The van der Waals surface area contributed by atoms with E-state index < -0.39 is 0 Å². The Balaban J connectivity index is 1.61. The molecule has 2 nitrogen and oxygen atoms in total. The Labute approximate surface area is 166 Å². The summed E-state index contributed by atoms with van der Waals surface area (Å²) in [6.07, 6.45) is 8.94. The van der Waals surface area contributed by atoms with E-state index in [4.69, 9.17) is 9.40 Å². The third kappa shape index (κ3) is 4.23. The summed E-state index contributed by atoms with van der Waals surface area (Å²) in [5.74, 6) is 0.688. The highest BCUT2D eigenvalue weighted by Gasteiger charge is 2.11. The van der Waals surface area contributed by atoms with Crippen LogP contribution in [-0.2, 0) is 6.42 Å². The first-order chi connectivity index (χ1) is 13.8. The molecule has 0 fully saturated rings. The Morgan fingerprint density at radius 3 is 2.46 bits per heavy atom. The number of fused-ring (bicyclic) bond motifs is 1. The molecule has 28 heavy (non-hydrogen) atoms. The zero-order chi connectivity index (χ0) is 19.2. The normalized spacial score (nSPS) is 11.5. The number of nitrogens with zero attached hydrogens (tertiary/aromatic N) is 1. The number of hydrogen-bond donors (Lipinski definition) is 0.